The molecule has 0 amide bonds. The summed E-state index contributed by atoms with van der Waals surface area (Å²) < 4.78 is 2.17. The highest BCUT2D eigenvalue weighted by Gasteiger charge is 2.26. The van der Waals surface area contributed by atoms with Gasteiger partial charge in [0, 0.05) is 17.3 Å². The van der Waals surface area contributed by atoms with Gasteiger partial charge in [-0.3, -0.25) is 4.68 Å². The molecule has 18 heavy (non-hydrogen) atoms. The lowest BCUT2D eigenvalue weighted by molar-refractivity contribution is 0.470. The van der Waals surface area contributed by atoms with Gasteiger partial charge in [0.2, 0.25) is 0 Å². The summed E-state index contributed by atoms with van der Waals surface area (Å²) in [6.07, 6.45) is 10.0. The van der Waals surface area contributed by atoms with Gasteiger partial charge < -0.3 is 5.73 Å². The second-order valence-corrected chi connectivity index (χ2v) is 5.86. The Hall–Kier alpha value is -1.51. The van der Waals surface area contributed by atoms with Crippen molar-refractivity contribution in [2.24, 2.45) is 0 Å². The molecule has 0 saturated heterocycles. The van der Waals surface area contributed by atoms with Crippen LogP contribution in [0.3, 0.4) is 0 Å². The van der Waals surface area contributed by atoms with E-state index in [0.29, 0.717) is 12.0 Å². The molecule has 3 nitrogen and oxygen atoms in total. The minimum absolute atomic E-state index is 0.614. The molecule has 2 saturated carbocycles. The predicted octanol–water partition coefficient (Wildman–Crippen LogP) is 3.61. The summed E-state index contributed by atoms with van der Waals surface area (Å²) in [7, 11) is 0. The van der Waals surface area contributed by atoms with Crippen LogP contribution >= 0.6 is 0 Å². The van der Waals surface area contributed by atoms with E-state index in [9.17, 15) is 0 Å². The third-order valence-corrected chi connectivity index (χ3v) is 4.44. The molecule has 2 fully saturated rings. The molecule has 2 aliphatic carbocycles. The molecular formula is C15H19N3. The van der Waals surface area contributed by atoms with Crippen molar-refractivity contribution in [3.8, 4) is 0 Å². The van der Waals surface area contributed by atoms with Crippen LogP contribution in [-0.4, -0.2) is 9.78 Å². The monoisotopic (exact) mass is 241 g/mol. The van der Waals surface area contributed by atoms with Gasteiger partial charge in [0.25, 0.3) is 0 Å². The summed E-state index contributed by atoms with van der Waals surface area (Å²) in [4.78, 5) is 0. The Morgan fingerprint density at radius 2 is 1.89 bits per heavy atom. The van der Waals surface area contributed by atoms with Gasteiger partial charge in [-0.05, 0) is 49.3 Å². The number of rotatable bonds is 2. The largest absolute Gasteiger partial charge is 0.398 e. The van der Waals surface area contributed by atoms with Crippen LogP contribution in [0.1, 0.15) is 56.0 Å². The van der Waals surface area contributed by atoms with Gasteiger partial charge in [-0.15, -0.1) is 0 Å². The number of benzene rings is 1. The van der Waals surface area contributed by atoms with E-state index in [1.165, 1.54) is 49.5 Å². The number of aromatic nitrogens is 2. The Kier molecular flexibility index (Phi) is 2.16. The standard InChI is InChI=1S/C15H19N3/c16-14-7-11-9-18(12-3-1-2-4-12)17-15(11)8-13(14)10-5-6-10/h7-10,12H,1-6,16H2. The summed E-state index contributed by atoms with van der Waals surface area (Å²) in [5, 5.41) is 5.97. The highest BCUT2D eigenvalue weighted by molar-refractivity contribution is 5.83. The number of anilines is 1. The maximum atomic E-state index is 6.15. The topological polar surface area (TPSA) is 43.8 Å². The first kappa shape index (κ1) is 10.4. The maximum absolute atomic E-state index is 6.15. The summed E-state index contributed by atoms with van der Waals surface area (Å²) in [5.41, 5.74) is 9.55. The van der Waals surface area contributed by atoms with Crippen molar-refractivity contribution in [1.82, 2.24) is 9.78 Å². The molecule has 2 aliphatic rings. The SMILES string of the molecule is Nc1cc2cn(C3CCCC3)nc2cc1C1CC1. The smallest absolute Gasteiger partial charge is 0.0927 e. The number of nitrogen functional groups attached to an aromatic ring is 1. The van der Waals surface area contributed by atoms with Crippen LogP contribution < -0.4 is 5.73 Å². The fourth-order valence-electron chi connectivity index (χ4n) is 3.23. The summed E-state index contributed by atoms with van der Waals surface area (Å²) in [6.45, 7) is 0. The van der Waals surface area contributed by atoms with Crippen LogP contribution in [0.15, 0.2) is 18.3 Å². The molecule has 0 radical (unpaired) electrons. The lowest BCUT2D eigenvalue weighted by atomic mass is 10.1. The minimum atomic E-state index is 0.614. The molecule has 0 aliphatic heterocycles. The zero-order chi connectivity index (χ0) is 12.1. The zero-order valence-electron chi connectivity index (χ0n) is 10.6. The molecule has 2 aromatic rings. The van der Waals surface area contributed by atoms with Gasteiger partial charge in [0.1, 0.15) is 0 Å². The van der Waals surface area contributed by atoms with Crippen LogP contribution in [0.4, 0.5) is 5.69 Å². The van der Waals surface area contributed by atoms with Crippen molar-refractivity contribution >= 4 is 16.6 Å². The van der Waals surface area contributed by atoms with Crippen LogP contribution in [-0.2, 0) is 0 Å². The van der Waals surface area contributed by atoms with E-state index in [1.54, 1.807) is 0 Å². The van der Waals surface area contributed by atoms with Gasteiger partial charge in [0.15, 0.2) is 0 Å². The number of hydrogen-bond acceptors (Lipinski definition) is 2. The van der Waals surface area contributed by atoms with E-state index in [-0.39, 0.29) is 0 Å². The van der Waals surface area contributed by atoms with E-state index < -0.39 is 0 Å². The molecule has 0 spiro atoms. The molecule has 94 valence electrons. The number of fused-ring (bicyclic) bond motifs is 1. The fraction of sp³-hybridized carbons (Fsp3) is 0.533. The first-order chi connectivity index (χ1) is 8.81. The Morgan fingerprint density at radius 1 is 1.11 bits per heavy atom. The average molecular weight is 241 g/mol. The lowest BCUT2D eigenvalue weighted by Crippen LogP contribution is -2.04. The highest BCUT2D eigenvalue weighted by atomic mass is 15.3. The van der Waals surface area contributed by atoms with Crippen molar-refractivity contribution in [3.63, 3.8) is 0 Å². The van der Waals surface area contributed by atoms with Crippen molar-refractivity contribution < 1.29 is 0 Å². The molecule has 1 aromatic heterocycles. The Morgan fingerprint density at radius 3 is 2.61 bits per heavy atom. The molecule has 0 unspecified atom stereocenters. The van der Waals surface area contributed by atoms with E-state index in [0.717, 1.165) is 11.2 Å². The van der Waals surface area contributed by atoms with Gasteiger partial charge in [0.05, 0.1) is 11.6 Å². The van der Waals surface area contributed by atoms with Crippen molar-refractivity contribution in [3.05, 3.63) is 23.9 Å². The van der Waals surface area contributed by atoms with Crippen LogP contribution in [0, 0.1) is 0 Å². The number of nitrogens with zero attached hydrogens (tertiary/aromatic N) is 2. The third kappa shape index (κ3) is 1.61. The second kappa shape index (κ2) is 3.74. The van der Waals surface area contributed by atoms with E-state index >= 15 is 0 Å². The van der Waals surface area contributed by atoms with E-state index in [2.05, 4.69) is 23.0 Å². The Balaban J connectivity index is 1.79. The Bertz CT molecular complexity index is 589. The first-order valence-corrected chi connectivity index (χ1v) is 7.09. The lowest BCUT2D eigenvalue weighted by Gasteiger charge is -2.07. The van der Waals surface area contributed by atoms with Crippen LogP contribution in [0.2, 0.25) is 0 Å². The molecule has 1 aromatic carbocycles. The summed E-state index contributed by atoms with van der Waals surface area (Å²) in [6, 6.07) is 4.94. The molecular weight excluding hydrogens is 222 g/mol. The van der Waals surface area contributed by atoms with Gasteiger partial charge in [-0.25, -0.2) is 0 Å². The van der Waals surface area contributed by atoms with Gasteiger partial charge in [-0.1, -0.05) is 12.8 Å². The van der Waals surface area contributed by atoms with E-state index in [1.807, 2.05) is 0 Å². The minimum Gasteiger partial charge on any atom is -0.398 e. The molecule has 0 atom stereocenters. The maximum Gasteiger partial charge on any atom is 0.0927 e. The molecule has 2 N–H and O–H groups in total. The van der Waals surface area contributed by atoms with Crippen LogP contribution in [0.25, 0.3) is 10.9 Å². The van der Waals surface area contributed by atoms with Gasteiger partial charge in [-0.2, -0.15) is 5.10 Å². The Labute approximate surface area is 107 Å². The third-order valence-electron chi connectivity index (χ3n) is 4.44. The van der Waals surface area contributed by atoms with Gasteiger partial charge >= 0.3 is 0 Å². The van der Waals surface area contributed by atoms with Crippen molar-refractivity contribution in [1.29, 1.82) is 0 Å². The predicted molar refractivity (Wildman–Crippen MR) is 73.6 cm³/mol. The highest BCUT2D eigenvalue weighted by Crippen LogP contribution is 2.43. The molecule has 1 heterocycles. The second-order valence-electron chi connectivity index (χ2n) is 5.86. The summed E-state index contributed by atoms with van der Waals surface area (Å²) >= 11 is 0. The number of nitrogens with two attached hydrogens (primary N) is 1. The summed E-state index contributed by atoms with van der Waals surface area (Å²) in [5.74, 6) is 0.700. The molecule has 4 rings (SSSR count). The van der Waals surface area contributed by atoms with Crippen LogP contribution in [0.5, 0.6) is 0 Å². The van der Waals surface area contributed by atoms with Crippen molar-refractivity contribution in [2.75, 3.05) is 5.73 Å². The van der Waals surface area contributed by atoms with E-state index in [4.69, 9.17) is 10.8 Å². The normalized spacial score (nSPS) is 20.9. The molecule has 0 bridgehead atoms. The first-order valence-electron chi connectivity index (χ1n) is 7.09. The quantitative estimate of drug-likeness (QED) is 0.816. The fourth-order valence-corrected chi connectivity index (χ4v) is 3.23. The zero-order valence-corrected chi connectivity index (χ0v) is 10.6. The average Bonchev–Trinajstić information content (AvgIpc) is 2.91. The van der Waals surface area contributed by atoms with Crippen molar-refractivity contribution in [2.45, 2.75) is 50.5 Å². The molecule has 3 heteroatoms. The number of hydrogen-bond donors (Lipinski definition) is 1.